The summed E-state index contributed by atoms with van der Waals surface area (Å²) in [5.41, 5.74) is 7.98. The van der Waals surface area contributed by atoms with E-state index < -0.39 is 74.2 Å². The number of benzene rings is 6. The molecule has 9 heteroatoms. The van der Waals surface area contributed by atoms with Crippen LogP contribution in [0.4, 0.5) is 0 Å². The van der Waals surface area contributed by atoms with Gasteiger partial charge in [0.1, 0.15) is 36.6 Å². The van der Waals surface area contributed by atoms with Crippen LogP contribution in [0, 0.1) is 0 Å². The van der Waals surface area contributed by atoms with E-state index in [2.05, 4.69) is 265 Å². The first-order chi connectivity index (χ1) is 35.0. The molecule has 6 aromatic carbocycles. The van der Waals surface area contributed by atoms with Crippen LogP contribution in [0.1, 0.15) is 116 Å². The molecule has 1 aliphatic carbocycles. The van der Waals surface area contributed by atoms with Gasteiger partial charge in [0, 0.05) is 0 Å². The first-order valence-corrected chi connectivity index (χ1v) is 41.6. The summed E-state index contributed by atoms with van der Waals surface area (Å²) in [6, 6.07) is 68.6. The number of hydrogen-bond donors (Lipinski definition) is 6. The summed E-state index contributed by atoms with van der Waals surface area (Å²) in [7, 11) is 0. The smallest absolute Gasteiger partial charge is 0.111 e. The molecule has 0 bridgehead atoms. The molecule has 1 saturated carbocycles. The molecular weight excluding hydrogens is 1140 g/mol. The van der Waals surface area contributed by atoms with Crippen LogP contribution in [0.3, 0.4) is 0 Å². The van der Waals surface area contributed by atoms with Gasteiger partial charge in [-0.2, -0.15) is 0 Å². The maximum atomic E-state index is 9.39. The van der Waals surface area contributed by atoms with E-state index in [9.17, 15) is 1.41 Å². The molecule has 7 nitrogen and oxygen atoms in total. The second-order valence-electron chi connectivity index (χ2n) is 26.0. The molecule has 404 valence electrons. The minimum atomic E-state index is -4.11. The molecule has 0 atom stereocenters. The first-order valence-electron chi connectivity index (χ1n) is 27.2. The maximum Gasteiger partial charge on any atom is 0.111 e. The monoisotopic (exact) mass is 1230 g/mol. The van der Waals surface area contributed by atoms with Gasteiger partial charge >= 0.3 is 397 Å². The van der Waals surface area contributed by atoms with Gasteiger partial charge in [-0.15, -0.1) is 0 Å². The Labute approximate surface area is 460 Å². The molecule has 6 aromatic rings. The average molecular weight is 1230 g/mol. The Morgan fingerprint density at radius 2 is 0.373 bits per heavy atom. The second kappa shape index (κ2) is 24.8. The normalized spacial score (nSPS) is 20.2. The fraction of sp³-hybridized carbons (Fsp3) is 0.455. The molecule has 0 radical (unpaired) electrons. The van der Waals surface area contributed by atoms with E-state index in [-0.39, 0.29) is 32.5 Å². The first kappa shape index (κ1) is 60.9. The summed E-state index contributed by atoms with van der Waals surface area (Å²) in [5, 5.41) is 53.8. The Hall–Kier alpha value is -3.36. The zero-order chi connectivity index (χ0) is 55.1. The van der Waals surface area contributed by atoms with Crippen LogP contribution in [0.5, 0.6) is 0 Å². The van der Waals surface area contributed by atoms with Gasteiger partial charge in [-0.3, -0.25) is 0 Å². The average Bonchev–Trinajstić information content (AvgIpc) is 3.37. The summed E-state index contributed by atoms with van der Waals surface area (Å²) in [6.45, 7) is 30.4. The zero-order valence-corrected chi connectivity index (χ0v) is 52.8. The quantitative estimate of drug-likeness (QED) is 0.0420. The van der Waals surface area contributed by atoms with Crippen LogP contribution < -0.4 is 0 Å². The van der Waals surface area contributed by atoms with Gasteiger partial charge in [-0.05, 0) is 0 Å². The van der Waals surface area contributed by atoms with Gasteiger partial charge in [-0.1, -0.05) is 0 Å². The summed E-state index contributed by atoms with van der Waals surface area (Å²) < 4.78 is 16.1. The molecule has 0 saturated heterocycles. The minimum absolute atomic E-state index is 0.0900. The Balaban J connectivity index is 0.000000669. The Morgan fingerprint density at radius 1 is 0.253 bits per heavy atom. The van der Waals surface area contributed by atoms with E-state index in [4.69, 9.17) is 30.6 Å². The summed E-state index contributed by atoms with van der Waals surface area (Å²) in [4.78, 5) is 0. The molecule has 0 spiro atoms. The van der Waals surface area contributed by atoms with E-state index in [0.717, 1.165) is 26.6 Å². The van der Waals surface area contributed by atoms with Crippen molar-refractivity contribution in [1.29, 1.82) is 0 Å². The predicted octanol–water partition coefficient (Wildman–Crippen LogP) is 12.9. The molecule has 75 heavy (non-hydrogen) atoms. The standard InChI is InChI=1S/6C10H13.C6H12O6.O.2Sn/c6*1-10(2,3)9-7-5-4-6-8-9;7-1-2(8)4(10)6(12)5(11)3(1)9;;;/h6*4-8H,1H2,2-3H3;1-12H;;;/t;;;;;;1-,2-,3-,4+,5-,6-;;;. The number of rotatable bonds is 20. The molecule has 0 aliphatic heterocycles. The van der Waals surface area contributed by atoms with E-state index in [0.29, 0.717) is 0 Å². The summed E-state index contributed by atoms with van der Waals surface area (Å²) in [6.07, 6.45) is -9.84. The maximum absolute atomic E-state index is 9.39. The van der Waals surface area contributed by atoms with Gasteiger partial charge in [0.2, 0.25) is 0 Å². The molecule has 7 rings (SSSR count). The molecule has 0 aromatic heterocycles. The van der Waals surface area contributed by atoms with Crippen molar-refractivity contribution in [3.63, 3.8) is 0 Å². The second-order valence-corrected chi connectivity index (χ2v) is 50.0. The van der Waals surface area contributed by atoms with Crippen LogP contribution in [0.2, 0.25) is 26.6 Å². The van der Waals surface area contributed by atoms with Crippen molar-refractivity contribution >= 4 is 37.6 Å². The minimum Gasteiger partial charge on any atom is -0.387 e. The van der Waals surface area contributed by atoms with Crippen LogP contribution in [-0.2, 0) is 33.9 Å². The van der Waals surface area contributed by atoms with Crippen molar-refractivity contribution in [3.05, 3.63) is 215 Å². The molecule has 0 amide bonds. The van der Waals surface area contributed by atoms with E-state index in [1.165, 1.54) is 33.4 Å². The molecule has 1 aliphatic rings. The summed E-state index contributed by atoms with van der Waals surface area (Å²) >= 11 is -8.23. The topological polar surface area (TPSA) is 131 Å². The number of hydrogen-bond acceptors (Lipinski definition) is 7. The van der Waals surface area contributed by atoms with Crippen molar-refractivity contribution in [2.45, 2.75) is 179 Å². The van der Waals surface area contributed by atoms with E-state index in [1.54, 1.807) is 0 Å². The van der Waals surface area contributed by atoms with E-state index in [1.807, 2.05) is 0 Å². The third kappa shape index (κ3) is 15.5. The molecular formula is C66H90O7Sn2. The third-order valence-electron chi connectivity index (χ3n) is 16.4. The SMILES string of the molecule is CC(C)([CH2][Sn]([CH2]C(C)(C)c1ccccc1)([CH2]C(C)(C)c1ccccc1)[O][Sn]([CH2]C(C)(C)c1ccccc1)([CH2]C(C)(C)c1ccccc1)[CH2]C(C)(C)c1ccccc1)c1ccccc1.O[C@H]1[C@H](O)[C@@H](O)[C@H](O)[C@@H](O)[C@H]1O. The van der Waals surface area contributed by atoms with Crippen LogP contribution in [0.25, 0.3) is 0 Å². The predicted molar refractivity (Wildman–Crippen MR) is 314 cm³/mol. The Morgan fingerprint density at radius 3 is 0.493 bits per heavy atom. The van der Waals surface area contributed by atoms with Crippen molar-refractivity contribution in [1.82, 2.24) is 0 Å². The molecule has 6 N–H and O–H groups in total. The fourth-order valence-corrected chi connectivity index (χ4v) is 76.0. The molecule has 0 heterocycles. The van der Waals surface area contributed by atoms with E-state index >= 15 is 0 Å². The van der Waals surface area contributed by atoms with Crippen molar-refractivity contribution in [2.75, 3.05) is 0 Å². The molecule has 1 fully saturated rings. The summed E-state index contributed by atoms with van der Waals surface area (Å²) in [5.74, 6) is 0. The Kier molecular flexibility index (Phi) is 20.1. The fourth-order valence-electron chi connectivity index (χ4n) is 13.0. The van der Waals surface area contributed by atoms with Gasteiger partial charge < -0.3 is 30.6 Å². The number of aliphatic hydroxyl groups is 6. The molecule has 0 unspecified atom stereocenters. The largest absolute Gasteiger partial charge is 0.387 e. The zero-order valence-electron chi connectivity index (χ0n) is 47.1. The van der Waals surface area contributed by atoms with Crippen LogP contribution in [-0.4, -0.2) is 105 Å². The third-order valence-corrected chi connectivity index (χ3v) is 61.7. The van der Waals surface area contributed by atoms with Crippen LogP contribution in [0.15, 0.2) is 182 Å². The van der Waals surface area contributed by atoms with Gasteiger partial charge in [-0.25, -0.2) is 0 Å². The van der Waals surface area contributed by atoms with Crippen molar-refractivity contribution in [3.8, 4) is 0 Å². The van der Waals surface area contributed by atoms with Crippen molar-refractivity contribution in [2.24, 2.45) is 0 Å². The van der Waals surface area contributed by atoms with Gasteiger partial charge in [0.25, 0.3) is 0 Å². The Bertz CT molecular complexity index is 2160. The van der Waals surface area contributed by atoms with Gasteiger partial charge in [0.15, 0.2) is 0 Å². The van der Waals surface area contributed by atoms with Crippen LogP contribution >= 0.6 is 0 Å². The van der Waals surface area contributed by atoms with Crippen molar-refractivity contribution < 1.29 is 32.1 Å². The van der Waals surface area contributed by atoms with Gasteiger partial charge in [0.05, 0.1) is 0 Å². The number of aliphatic hydroxyl groups excluding tert-OH is 6.